The standard InChI is InChI=1S/C17H30N4O6/c1-17(2,3)27-16(24)19-8-4-5-12(19)10-26-18-14(22)13-7-6-11-9-20(13)15(23)21(11)25/h11-13,16,24-25H,4-10H2,1-3H3,(H,18,22)/t11-,12+,13+,16?/m1/s1. The summed E-state index contributed by atoms with van der Waals surface area (Å²) in [7, 11) is 0. The van der Waals surface area contributed by atoms with Gasteiger partial charge in [0.2, 0.25) is 6.41 Å². The van der Waals surface area contributed by atoms with Gasteiger partial charge in [-0.2, -0.15) is 0 Å². The van der Waals surface area contributed by atoms with Gasteiger partial charge in [0.15, 0.2) is 0 Å². The van der Waals surface area contributed by atoms with Gasteiger partial charge in [-0.3, -0.25) is 14.8 Å². The predicted molar refractivity (Wildman–Crippen MR) is 93.2 cm³/mol. The second-order valence-corrected chi connectivity index (χ2v) is 8.39. The van der Waals surface area contributed by atoms with E-state index >= 15 is 0 Å². The largest absolute Gasteiger partial charge is 0.356 e. The molecule has 3 amide bonds. The quantitative estimate of drug-likeness (QED) is 0.340. The first-order valence-corrected chi connectivity index (χ1v) is 9.49. The molecule has 3 N–H and O–H groups in total. The molecule has 3 fully saturated rings. The number of ether oxygens (including phenoxy) is 1. The number of amides is 3. The molecule has 3 heterocycles. The monoisotopic (exact) mass is 386 g/mol. The molecule has 3 aliphatic heterocycles. The molecular weight excluding hydrogens is 356 g/mol. The van der Waals surface area contributed by atoms with Gasteiger partial charge in [0.1, 0.15) is 6.04 Å². The average Bonchev–Trinajstić information content (AvgIpc) is 3.14. The summed E-state index contributed by atoms with van der Waals surface area (Å²) in [6.07, 6.45) is 1.77. The summed E-state index contributed by atoms with van der Waals surface area (Å²) in [5, 5.41) is 20.7. The molecule has 10 heteroatoms. The molecule has 27 heavy (non-hydrogen) atoms. The lowest BCUT2D eigenvalue weighted by atomic mass is 10.0. The van der Waals surface area contributed by atoms with Gasteiger partial charge in [0, 0.05) is 19.1 Å². The molecule has 0 radical (unpaired) electrons. The van der Waals surface area contributed by atoms with E-state index in [4.69, 9.17) is 9.57 Å². The highest BCUT2D eigenvalue weighted by molar-refractivity contribution is 5.87. The summed E-state index contributed by atoms with van der Waals surface area (Å²) >= 11 is 0. The third-order valence-electron chi connectivity index (χ3n) is 5.26. The lowest BCUT2D eigenvalue weighted by Gasteiger charge is -2.33. The number of carbonyl (C=O) groups is 2. The van der Waals surface area contributed by atoms with Crippen molar-refractivity contribution in [1.29, 1.82) is 0 Å². The van der Waals surface area contributed by atoms with Gasteiger partial charge in [0.05, 0.1) is 18.2 Å². The molecule has 3 saturated heterocycles. The zero-order chi connectivity index (χ0) is 19.8. The maximum Gasteiger partial charge on any atom is 0.344 e. The zero-order valence-electron chi connectivity index (χ0n) is 16.1. The van der Waals surface area contributed by atoms with Crippen molar-refractivity contribution in [3.63, 3.8) is 0 Å². The minimum Gasteiger partial charge on any atom is -0.356 e. The number of nitrogens with one attached hydrogen (secondary N) is 1. The number of urea groups is 1. The van der Waals surface area contributed by atoms with Gasteiger partial charge in [-0.25, -0.2) is 20.2 Å². The van der Waals surface area contributed by atoms with E-state index < -0.39 is 30.0 Å². The van der Waals surface area contributed by atoms with E-state index in [2.05, 4.69) is 5.48 Å². The highest BCUT2D eigenvalue weighted by atomic mass is 16.7. The first-order valence-electron chi connectivity index (χ1n) is 9.49. The summed E-state index contributed by atoms with van der Waals surface area (Å²) in [6.45, 7) is 6.88. The number of rotatable bonds is 6. The van der Waals surface area contributed by atoms with E-state index in [9.17, 15) is 19.9 Å². The molecule has 2 bridgehead atoms. The van der Waals surface area contributed by atoms with E-state index in [1.54, 1.807) is 0 Å². The predicted octanol–water partition coefficient (Wildman–Crippen LogP) is 0.247. The molecule has 0 aromatic heterocycles. The number of carbonyl (C=O) groups excluding carboxylic acids is 2. The van der Waals surface area contributed by atoms with Crippen LogP contribution < -0.4 is 5.48 Å². The number of nitrogens with zero attached hydrogens (tertiary/aromatic N) is 3. The van der Waals surface area contributed by atoms with Crippen molar-refractivity contribution in [3.05, 3.63) is 0 Å². The Labute approximate surface area is 158 Å². The van der Waals surface area contributed by atoms with Crippen molar-refractivity contribution in [2.75, 3.05) is 19.7 Å². The molecule has 154 valence electrons. The third-order valence-corrected chi connectivity index (χ3v) is 5.26. The van der Waals surface area contributed by atoms with Gasteiger partial charge in [0.25, 0.3) is 5.91 Å². The Morgan fingerprint density at radius 3 is 2.78 bits per heavy atom. The second kappa shape index (κ2) is 7.88. The molecule has 0 aromatic rings. The summed E-state index contributed by atoms with van der Waals surface area (Å²) in [5.41, 5.74) is 1.95. The first-order chi connectivity index (χ1) is 12.7. The zero-order valence-corrected chi connectivity index (χ0v) is 16.1. The maximum atomic E-state index is 12.4. The van der Waals surface area contributed by atoms with E-state index in [1.807, 2.05) is 25.7 Å². The molecule has 10 nitrogen and oxygen atoms in total. The Kier molecular flexibility index (Phi) is 5.92. The topological polar surface area (TPSA) is 115 Å². The highest BCUT2D eigenvalue weighted by Gasteiger charge is 2.47. The maximum absolute atomic E-state index is 12.4. The lowest BCUT2D eigenvalue weighted by molar-refractivity contribution is -0.245. The smallest absolute Gasteiger partial charge is 0.344 e. The second-order valence-electron chi connectivity index (χ2n) is 8.39. The fourth-order valence-corrected chi connectivity index (χ4v) is 3.91. The molecule has 1 unspecified atom stereocenters. The highest BCUT2D eigenvalue weighted by Crippen LogP contribution is 2.28. The van der Waals surface area contributed by atoms with E-state index in [1.165, 1.54) is 4.90 Å². The molecule has 3 aliphatic rings. The van der Waals surface area contributed by atoms with Crippen LogP contribution in [0.3, 0.4) is 0 Å². The van der Waals surface area contributed by atoms with Gasteiger partial charge in [-0.05, 0) is 46.5 Å². The first kappa shape index (κ1) is 20.3. The Morgan fingerprint density at radius 1 is 1.33 bits per heavy atom. The van der Waals surface area contributed by atoms with Crippen LogP contribution in [0.1, 0.15) is 46.5 Å². The summed E-state index contributed by atoms with van der Waals surface area (Å²) in [5.74, 6) is -0.395. The van der Waals surface area contributed by atoms with Crippen molar-refractivity contribution in [2.24, 2.45) is 0 Å². The SMILES string of the molecule is CC(C)(C)OC(O)N1CCC[C@H]1CONC(=O)[C@@H]1CC[C@@H]2CN1C(=O)N2O. The Balaban J connectivity index is 1.46. The fourth-order valence-electron chi connectivity index (χ4n) is 3.91. The van der Waals surface area contributed by atoms with Crippen LogP contribution in [0, 0.1) is 0 Å². The third kappa shape index (κ3) is 4.52. The van der Waals surface area contributed by atoms with Crippen LogP contribution in [0.25, 0.3) is 0 Å². The number of hydrogen-bond donors (Lipinski definition) is 3. The minimum absolute atomic E-state index is 0.0697. The van der Waals surface area contributed by atoms with E-state index in [-0.39, 0.29) is 18.7 Å². The van der Waals surface area contributed by atoms with Crippen LogP contribution in [-0.4, -0.2) is 87.0 Å². The summed E-state index contributed by atoms with van der Waals surface area (Å²) < 4.78 is 5.60. The van der Waals surface area contributed by atoms with Crippen molar-refractivity contribution in [1.82, 2.24) is 20.3 Å². The minimum atomic E-state index is -1.02. The average molecular weight is 386 g/mol. The summed E-state index contributed by atoms with van der Waals surface area (Å²) in [6, 6.07) is -1.49. The number of fused-ring (bicyclic) bond motifs is 2. The molecule has 4 atom stereocenters. The number of likely N-dealkylation sites (tertiary alicyclic amines) is 1. The number of aliphatic hydroxyl groups is 1. The van der Waals surface area contributed by atoms with Gasteiger partial charge < -0.3 is 14.7 Å². The van der Waals surface area contributed by atoms with Crippen molar-refractivity contribution in [3.8, 4) is 0 Å². The number of piperidine rings is 1. The van der Waals surface area contributed by atoms with Gasteiger partial charge >= 0.3 is 6.03 Å². The van der Waals surface area contributed by atoms with Crippen LogP contribution >= 0.6 is 0 Å². The lowest BCUT2D eigenvalue weighted by Crippen LogP contribution is -2.51. The Morgan fingerprint density at radius 2 is 2.07 bits per heavy atom. The van der Waals surface area contributed by atoms with Gasteiger partial charge in [-0.1, -0.05) is 0 Å². The summed E-state index contributed by atoms with van der Waals surface area (Å²) in [4.78, 5) is 32.9. The molecule has 0 aromatic carbocycles. The molecule has 3 rings (SSSR count). The molecule has 0 aliphatic carbocycles. The van der Waals surface area contributed by atoms with Crippen LogP contribution in [-0.2, 0) is 14.4 Å². The van der Waals surface area contributed by atoms with Crippen LogP contribution in [0.5, 0.6) is 0 Å². The Bertz CT molecular complexity index is 568. The van der Waals surface area contributed by atoms with Gasteiger partial charge in [-0.15, -0.1) is 0 Å². The molecular formula is C17H30N4O6. The van der Waals surface area contributed by atoms with Crippen molar-refractivity contribution in [2.45, 2.75) is 76.6 Å². The normalized spacial score (nSPS) is 30.1. The number of hydroxylamine groups is 3. The van der Waals surface area contributed by atoms with E-state index in [0.29, 0.717) is 31.0 Å². The fraction of sp³-hybridized carbons (Fsp3) is 0.882. The van der Waals surface area contributed by atoms with E-state index in [0.717, 1.165) is 12.8 Å². The van der Waals surface area contributed by atoms with Crippen molar-refractivity contribution >= 4 is 11.9 Å². The van der Waals surface area contributed by atoms with Crippen LogP contribution in [0.2, 0.25) is 0 Å². The van der Waals surface area contributed by atoms with Crippen LogP contribution in [0.15, 0.2) is 0 Å². The van der Waals surface area contributed by atoms with Crippen molar-refractivity contribution < 1.29 is 29.5 Å². The molecule has 0 saturated carbocycles. The molecule has 0 spiro atoms. The van der Waals surface area contributed by atoms with Crippen LogP contribution in [0.4, 0.5) is 4.79 Å². The number of aliphatic hydroxyl groups excluding tert-OH is 1. The number of hydrogen-bond acceptors (Lipinski definition) is 7. The Hall–Kier alpha value is -1.46.